The molecule has 5 heteroatoms. The summed E-state index contributed by atoms with van der Waals surface area (Å²) in [5.74, 6) is -1.18. The van der Waals surface area contributed by atoms with Gasteiger partial charge in [-0.2, -0.15) is 0 Å². The Balaban J connectivity index is 1.84. The van der Waals surface area contributed by atoms with Crippen molar-refractivity contribution in [2.45, 2.75) is 13.0 Å². The fraction of sp³-hybridized carbons (Fsp3) is 0.188. The summed E-state index contributed by atoms with van der Waals surface area (Å²) in [5, 5.41) is 9.02. The minimum atomic E-state index is -0.904. The highest BCUT2D eigenvalue weighted by atomic mass is 79.9. The quantitative estimate of drug-likeness (QED) is 0.914. The molecule has 3 rings (SSSR count). The number of halogens is 2. The van der Waals surface area contributed by atoms with Crippen LogP contribution in [0.5, 0.6) is 0 Å². The van der Waals surface area contributed by atoms with Crippen LogP contribution in [0.15, 0.2) is 40.9 Å². The van der Waals surface area contributed by atoms with Gasteiger partial charge in [0.05, 0.1) is 10.0 Å². The molecule has 1 heterocycles. The molecule has 2 aromatic carbocycles. The molecule has 0 aromatic heterocycles. The van der Waals surface area contributed by atoms with E-state index < -0.39 is 5.97 Å². The highest BCUT2D eigenvalue weighted by Crippen LogP contribution is 2.30. The van der Waals surface area contributed by atoms with Crippen molar-refractivity contribution in [2.75, 3.05) is 11.4 Å². The van der Waals surface area contributed by atoms with E-state index in [2.05, 4.69) is 20.8 Å². The predicted octanol–water partition coefficient (Wildman–Crippen LogP) is 3.85. The molecule has 0 saturated carbocycles. The number of aromatic carboxylic acids is 1. The lowest BCUT2D eigenvalue weighted by molar-refractivity contribution is 0.0697. The Morgan fingerprint density at radius 3 is 2.81 bits per heavy atom. The molecule has 0 bridgehead atoms. The van der Waals surface area contributed by atoms with Crippen molar-refractivity contribution < 1.29 is 14.3 Å². The molecule has 1 aliphatic heterocycles. The van der Waals surface area contributed by atoms with Crippen LogP contribution < -0.4 is 4.90 Å². The van der Waals surface area contributed by atoms with Crippen molar-refractivity contribution in [3.8, 4) is 0 Å². The van der Waals surface area contributed by atoms with Crippen molar-refractivity contribution in [3.05, 3.63) is 63.4 Å². The van der Waals surface area contributed by atoms with Gasteiger partial charge in [0, 0.05) is 18.8 Å². The van der Waals surface area contributed by atoms with Crippen LogP contribution in [0.1, 0.15) is 21.5 Å². The number of hydrogen-bond donors (Lipinski definition) is 1. The zero-order valence-corrected chi connectivity index (χ0v) is 12.7. The van der Waals surface area contributed by atoms with E-state index in [9.17, 15) is 9.18 Å². The highest BCUT2D eigenvalue weighted by molar-refractivity contribution is 9.10. The van der Waals surface area contributed by atoms with Gasteiger partial charge in [0.25, 0.3) is 0 Å². The minimum Gasteiger partial charge on any atom is -0.478 e. The lowest BCUT2D eigenvalue weighted by Crippen LogP contribution is -2.19. The maximum Gasteiger partial charge on any atom is 0.335 e. The van der Waals surface area contributed by atoms with Crippen LogP contribution >= 0.6 is 15.9 Å². The Bertz CT molecular complexity index is 717. The number of carboxylic acid groups (broad SMARTS) is 1. The smallest absolute Gasteiger partial charge is 0.335 e. The largest absolute Gasteiger partial charge is 0.478 e. The van der Waals surface area contributed by atoms with Crippen molar-refractivity contribution in [2.24, 2.45) is 0 Å². The van der Waals surface area contributed by atoms with Gasteiger partial charge in [0.15, 0.2) is 0 Å². The first-order valence-electron chi connectivity index (χ1n) is 6.59. The number of carboxylic acids is 1. The summed E-state index contributed by atoms with van der Waals surface area (Å²) in [5.41, 5.74) is 3.44. The number of nitrogens with zero attached hydrogens (tertiary/aromatic N) is 1. The molecule has 0 aliphatic carbocycles. The fourth-order valence-corrected chi connectivity index (χ4v) is 3.05. The van der Waals surface area contributed by atoms with Crippen molar-refractivity contribution in [1.82, 2.24) is 0 Å². The van der Waals surface area contributed by atoms with E-state index in [1.807, 2.05) is 6.07 Å². The van der Waals surface area contributed by atoms with Gasteiger partial charge in [0.1, 0.15) is 5.82 Å². The molecule has 0 fully saturated rings. The lowest BCUT2D eigenvalue weighted by Gasteiger charge is -2.19. The number of hydrogen-bond acceptors (Lipinski definition) is 2. The molecule has 1 aliphatic rings. The van der Waals surface area contributed by atoms with E-state index >= 15 is 0 Å². The Labute approximate surface area is 130 Å². The second-order valence-corrected chi connectivity index (χ2v) is 5.92. The standard InChI is InChI=1S/C16H13BrFNO2/c17-13-7-10(1-3-14(13)18)9-19-6-5-11-8-12(16(20)21)2-4-15(11)19/h1-4,7-8H,5-6,9H2,(H,20,21). The van der Waals surface area contributed by atoms with Crippen LogP contribution in [-0.4, -0.2) is 17.6 Å². The summed E-state index contributed by atoms with van der Waals surface area (Å²) in [4.78, 5) is 13.2. The first kappa shape index (κ1) is 14.1. The highest BCUT2D eigenvalue weighted by Gasteiger charge is 2.20. The summed E-state index contributed by atoms with van der Waals surface area (Å²) in [6.45, 7) is 1.52. The third-order valence-corrected chi connectivity index (χ3v) is 4.28. The molecule has 108 valence electrons. The second-order valence-electron chi connectivity index (χ2n) is 5.07. The maximum atomic E-state index is 13.3. The molecule has 21 heavy (non-hydrogen) atoms. The number of carbonyl (C=O) groups is 1. The van der Waals surface area contributed by atoms with Crippen molar-refractivity contribution >= 4 is 27.6 Å². The summed E-state index contributed by atoms with van der Waals surface area (Å²) in [7, 11) is 0. The van der Waals surface area contributed by atoms with E-state index in [0.717, 1.165) is 29.8 Å². The molecule has 0 amide bonds. The molecule has 2 aromatic rings. The zero-order chi connectivity index (χ0) is 15.0. The molecule has 1 N–H and O–H groups in total. The normalized spacial score (nSPS) is 13.3. The first-order chi connectivity index (χ1) is 10.0. The summed E-state index contributed by atoms with van der Waals surface area (Å²) >= 11 is 3.19. The van der Waals surface area contributed by atoms with Crippen LogP contribution in [0.4, 0.5) is 10.1 Å². The average molecular weight is 350 g/mol. The fourth-order valence-electron chi connectivity index (χ4n) is 2.63. The monoisotopic (exact) mass is 349 g/mol. The summed E-state index contributed by atoms with van der Waals surface area (Å²) < 4.78 is 13.7. The molecular formula is C16H13BrFNO2. The molecule has 0 radical (unpaired) electrons. The van der Waals surface area contributed by atoms with Gasteiger partial charge in [0.2, 0.25) is 0 Å². The van der Waals surface area contributed by atoms with Crippen LogP contribution in [-0.2, 0) is 13.0 Å². The van der Waals surface area contributed by atoms with Crippen LogP contribution in [0.25, 0.3) is 0 Å². The van der Waals surface area contributed by atoms with Gasteiger partial charge in [-0.05, 0) is 63.8 Å². The van der Waals surface area contributed by atoms with E-state index in [1.165, 1.54) is 6.07 Å². The van der Waals surface area contributed by atoms with E-state index in [4.69, 9.17) is 5.11 Å². The molecule has 0 spiro atoms. The Kier molecular flexibility index (Phi) is 3.68. The second kappa shape index (κ2) is 5.48. The van der Waals surface area contributed by atoms with Gasteiger partial charge in [-0.25, -0.2) is 9.18 Å². The van der Waals surface area contributed by atoms with Gasteiger partial charge in [-0.15, -0.1) is 0 Å². The molecule has 0 saturated heterocycles. The molecular weight excluding hydrogens is 337 g/mol. The number of benzene rings is 2. The van der Waals surface area contributed by atoms with Crippen molar-refractivity contribution in [3.63, 3.8) is 0 Å². The molecule has 0 unspecified atom stereocenters. The third kappa shape index (κ3) is 2.78. The van der Waals surface area contributed by atoms with Crippen LogP contribution in [0.3, 0.4) is 0 Å². The SMILES string of the molecule is O=C(O)c1ccc2c(c1)CCN2Cc1ccc(F)c(Br)c1. The topological polar surface area (TPSA) is 40.5 Å². The summed E-state index contributed by atoms with van der Waals surface area (Å²) in [6, 6.07) is 10.2. The average Bonchev–Trinajstić information content (AvgIpc) is 2.85. The Morgan fingerprint density at radius 2 is 2.10 bits per heavy atom. The van der Waals surface area contributed by atoms with E-state index in [1.54, 1.807) is 24.3 Å². The van der Waals surface area contributed by atoms with Gasteiger partial charge in [-0.3, -0.25) is 0 Å². The van der Waals surface area contributed by atoms with Crippen molar-refractivity contribution in [1.29, 1.82) is 0 Å². The minimum absolute atomic E-state index is 0.272. The third-order valence-electron chi connectivity index (χ3n) is 3.68. The lowest BCUT2D eigenvalue weighted by atomic mass is 10.1. The molecule has 3 nitrogen and oxygen atoms in total. The number of rotatable bonds is 3. The predicted molar refractivity (Wildman–Crippen MR) is 82.3 cm³/mol. The van der Waals surface area contributed by atoms with E-state index in [0.29, 0.717) is 16.6 Å². The van der Waals surface area contributed by atoms with Gasteiger partial charge < -0.3 is 10.0 Å². The first-order valence-corrected chi connectivity index (χ1v) is 7.39. The summed E-state index contributed by atoms with van der Waals surface area (Å²) in [6.07, 6.45) is 0.832. The maximum absolute atomic E-state index is 13.3. The Morgan fingerprint density at radius 1 is 1.29 bits per heavy atom. The van der Waals surface area contributed by atoms with Gasteiger partial charge >= 0.3 is 5.97 Å². The van der Waals surface area contributed by atoms with E-state index in [-0.39, 0.29) is 5.82 Å². The molecule has 0 atom stereocenters. The van der Waals surface area contributed by atoms with Crippen LogP contribution in [0, 0.1) is 5.82 Å². The van der Waals surface area contributed by atoms with Gasteiger partial charge in [-0.1, -0.05) is 6.07 Å². The van der Waals surface area contributed by atoms with Crippen LogP contribution in [0.2, 0.25) is 0 Å². The Hall–Kier alpha value is -1.88. The number of anilines is 1. The number of fused-ring (bicyclic) bond motifs is 1. The zero-order valence-electron chi connectivity index (χ0n) is 11.1.